The lowest BCUT2D eigenvalue weighted by Gasteiger charge is -2.25. The van der Waals surface area contributed by atoms with Crippen LogP contribution in [0.5, 0.6) is 0 Å². The topological polar surface area (TPSA) is 72.4 Å². The van der Waals surface area contributed by atoms with Gasteiger partial charge >= 0.3 is 6.09 Å². The number of ether oxygens (including phenoxy) is 1. The van der Waals surface area contributed by atoms with E-state index in [1.165, 1.54) is 13.1 Å². The Morgan fingerprint density at radius 3 is 2.40 bits per heavy atom. The number of nitrogens with zero attached hydrogens (tertiary/aromatic N) is 3. The zero-order valence-electron chi connectivity index (χ0n) is 11.6. The Labute approximate surface area is 127 Å². The monoisotopic (exact) mass is 319 g/mol. The van der Waals surface area contributed by atoms with Gasteiger partial charge in [0.15, 0.2) is 0 Å². The Hall–Kier alpha value is -1.40. The molecule has 1 aromatic heterocycles. The Bertz CT molecular complexity index is 529. The van der Waals surface area contributed by atoms with Gasteiger partial charge in [-0.1, -0.05) is 11.6 Å². The molecule has 0 unspecified atom stereocenters. The maximum absolute atomic E-state index is 12.0. The van der Waals surface area contributed by atoms with Crippen LogP contribution in [0.3, 0.4) is 0 Å². The maximum atomic E-state index is 12.0. The van der Waals surface area contributed by atoms with Gasteiger partial charge in [0.25, 0.3) is 0 Å². The first-order valence-electron chi connectivity index (χ1n) is 5.78. The third kappa shape index (κ3) is 4.94. The smallest absolute Gasteiger partial charge is 0.417 e. The summed E-state index contributed by atoms with van der Waals surface area (Å²) in [5.74, 6) is -0.467. The lowest BCUT2D eigenvalue weighted by molar-refractivity contribution is -0.128. The molecule has 0 saturated carbocycles. The minimum Gasteiger partial charge on any atom is -0.443 e. The fourth-order valence-corrected chi connectivity index (χ4v) is 1.63. The first-order valence-corrected chi connectivity index (χ1v) is 6.54. The van der Waals surface area contributed by atoms with Crippen molar-refractivity contribution in [3.05, 3.63) is 22.2 Å². The summed E-state index contributed by atoms with van der Waals surface area (Å²) >= 11 is 11.5. The number of imide groups is 1. The lowest BCUT2D eigenvalue weighted by Crippen LogP contribution is -2.39. The molecule has 2 amide bonds. The third-order valence-electron chi connectivity index (χ3n) is 2.10. The van der Waals surface area contributed by atoms with Gasteiger partial charge in [-0.05, 0) is 32.4 Å². The fraction of sp³-hybridized carbons (Fsp3) is 0.500. The van der Waals surface area contributed by atoms with E-state index in [1.807, 2.05) is 0 Å². The highest BCUT2D eigenvalue weighted by atomic mass is 35.5. The SMILES string of the molecule is CC(=O)N(Cc1cnc(Cl)nc1Cl)C(=O)OC(C)(C)C. The van der Waals surface area contributed by atoms with Crippen molar-refractivity contribution in [3.63, 3.8) is 0 Å². The number of carbonyl (C=O) groups is 2. The van der Waals surface area contributed by atoms with Gasteiger partial charge in [-0.2, -0.15) is 0 Å². The summed E-state index contributed by atoms with van der Waals surface area (Å²) in [5, 5.41) is 0.0743. The standard InChI is InChI=1S/C12H15Cl2N3O3/c1-7(18)17(11(19)20-12(2,3)4)6-8-5-15-10(14)16-9(8)13/h5H,6H2,1-4H3. The van der Waals surface area contributed by atoms with E-state index in [-0.39, 0.29) is 17.0 Å². The third-order valence-corrected chi connectivity index (χ3v) is 2.61. The van der Waals surface area contributed by atoms with Crippen molar-refractivity contribution in [2.75, 3.05) is 0 Å². The number of amides is 2. The summed E-state index contributed by atoms with van der Waals surface area (Å²) in [5.41, 5.74) is -0.303. The number of hydrogen-bond donors (Lipinski definition) is 0. The molecule has 1 rings (SSSR count). The van der Waals surface area contributed by atoms with Crippen LogP contribution in [0, 0.1) is 0 Å². The molecule has 0 bridgehead atoms. The molecule has 0 spiro atoms. The highest BCUT2D eigenvalue weighted by Crippen LogP contribution is 2.18. The van der Waals surface area contributed by atoms with Crippen LogP contribution in [0.4, 0.5) is 4.79 Å². The van der Waals surface area contributed by atoms with E-state index in [4.69, 9.17) is 27.9 Å². The number of hydrogen-bond acceptors (Lipinski definition) is 5. The predicted octanol–water partition coefficient (Wildman–Crippen LogP) is 3.07. The van der Waals surface area contributed by atoms with Crippen molar-refractivity contribution in [3.8, 4) is 0 Å². The minimum atomic E-state index is -0.754. The van der Waals surface area contributed by atoms with E-state index < -0.39 is 17.6 Å². The summed E-state index contributed by atoms with van der Waals surface area (Å²) in [7, 11) is 0. The van der Waals surface area contributed by atoms with Crippen LogP contribution in [0.15, 0.2) is 6.20 Å². The molecule has 110 valence electrons. The van der Waals surface area contributed by atoms with Crippen LogP contribution < -0.4 is 0 Å². The normalized spacial score (nSPS) is 11.1. The summed E-state index contributed by atoms with van der Waals surface area (Å²) < 4.78 is 5.15. The molecule has 0 saturated heterocycles. The van der Waals surface area contributed by atoms with Crippen LogP contribution >= 0.6 is 23.2 Å². The first-order chi connectivity index (χ1) is 9.10. The molecule has 0 fully saturated rings. The Morgan fingerprint density at radius 1 is 1.35 bits per heavy atom. The van der Waals surface area contributed by atoms with E-state index in [1.54, 1.807) is 20.8 Å². The van der Waals surface area contributed by atoms with Crippen molar-refractivity contribution in [2.45, 2.75) is 39.8 Å². The summed E-state index contributed by atoms with van der Waals surface area (Å²) in [6.07, 6.45) is 0.605. The highest BCUT2D eigenvalue weighted by molar-refractivity contribution is 6.32. The van der Waals surface area contributed by atoms with Gasteiger partial charge < -0.3 is 4.74 Å². The fourth-order valence-electron chi connectivity index (χ4n) is 1.26. The Morgan fingerprint density at radius 2 is 1.95 bits per heavy atom. The quantitative estimate of drug-likeness (QED) is 0.618. The molecular weight excluding hydrogens is 305 g/mol. The second-order valence-electron chi connectivity index (χ2n) is 5.04. The van der Waals surface area contributed by atoms with Crippen molar-refractivity contribution in [1.82, 2.24) is 14.9 Å². The van der Waals surface area contributed by atoms with E-state index in [2.05, 4.69) is 9.97 Å². The van der Waals surface area contributed by atoms with Crippen molar-refractivity contribution in [2.24, 2.45) is 0 Å². The lowest BCUT2D eigenvalue weighted by atomic mass is 10.2. The van der Waals surface area contributed by atoms with Gasteiger partial charge in [0.2, 0.25) is 11.2 Å². The van der Waals surface area contributed by atoms with E-state index >= 15 is 0 Å². The molecule has 20 heavy (non-hydrogen) atoms. The zero-order valence-corrected chi connectivity index (χ0v) is 13.1. The van der Waals surface area contributed by atoms with E-state index in [0.29, 0.717) is 5.56 Å². The minimum absolute atomic E-state index is 0.00890. The van der Waals surface area contributed by atoms with Gasteiger partial charge in [-0.25, -0.2) is 19.7 Å². The average molecular weight is 320 g/mol. The molecular formula is C12H15Cl2N3O3. The Balaban J connectivity index is 2.93. The zero-order chi connectivity index (χ0) is 15.5. The second kappa shape index (κ2) is 6.37. The van der Waals surface area contributed by atoms with Crippen molar-refractivity contribution >= 4 is 35.2 Å². The number of aromatic nitrogens is 2. The number of carbonyl (C=O) groups excluding carboxylic acids is 2. The molecule has 1 heterocycles. The molecule has 1 aromatic rings. The highest BCUT2D eigenvalue weighted by Gasteiger charge is 2.26. The number of rotatable bonds is 2. The van der Waals surface area contributed by atoms with Gasteiger partial charge in [0.1, 0.15) is 10.8 Å². The summed E-state index contributed by atoms with van der Waals surface area (Å²) in [6.45, 7) is 6.31. The van der Waals surface area contributed by atoms with Gasteiger partial charge in [-0.15, -0.1) is 0 Å². The van der Waals surface area contributed by atoms with Gasteiger partial charge in [-0.3, -0.25) is 4.79 Å². The molecule has 0 aliphatic carbocycles. The van der Waals surface area contributed by atoms with Crippen LogP contribution in [0.1, 0.15) is 33.3 Å². The van der Waals surface area contributed by atoms with Crippen LogP contribution in [-0.2, 0) is 16.1 Å². The first kappa shape index (κ1) is 16.7. The molecule has 0 aliphatic rings. The Kier molecular flexibility index (Phi) is 5.30. The largest absolute Gasteiger partial charge is 0.443 e. The molecule has 8 heteroatoms. The maximum Gasteiger partial charge on any atom is 0.417 e. The van der Waals surface area contributed by atoms with Crippen LogP contribution in [-0.4, -0.2) is 32.5 Å². The molecule has 6 nitrogen and oxygen atoms in total. The average Bonchev–Trinajstić information content (AvgIpc) is 2.24. The van der Waals surface area contributed by atoms with Gasteiger partial charge in [0, 0.05) is 18.7 Å². The van der Waals surface area contributed by atoms with Crippen LogP contribution in [0.25, 0.3) is 0 Å². The number of halogens is 2. The van der Waals surface area contributed by atoms with Gasteiger partial charge in [0.05, 0.1) is 6.54 Å². The predicted molar refractivity (Wildman–Crippen MR) is 74.5 cm³/mol. The molecule has 0 aromatic carbocycles. The summed E-state index contributed by atoms with van der Waals surface area (Å²) in [6, 6.07) is 0. The molecule has 0 radical (unpaired) electrons. The summed E-state index contributed by atoms with van der Waals surface area (Å²) in [4.78, 5) is 32.0. The van der Waals surface area contributed by atoms with E-state index in [0.717, 1.165) is 4.90 Å². The van der Waals surface area contributed by atoms with Crippen LogP contribution in [0.2, 0.25) is 10.4 Å². The van der Waals surface area contributed by atoms with Crippen molar-refractivity contribution in [1.29, 1.82) is 0 Å². The molecule has 0 atom stereocenters. The second-order valence-corrected chi connectivity index (χ2v) is 5.74. The molecule has 0 aliphatic heterocycles. The molecule has 0 N–H and O–H groups in total. The van der Waals surface area contributed by atoms with E-state index in [9.17, 15) is 9.59 Å². The van der Waals surface area contributed by atoms with Crippen molar-refractivity contribution < 1.29 is 14.3 Å².